The fraction of sp³-hybridized carbons (Fsp3) is 0.122. The highest BCUT2D eigenvalue weighted by atomic mass is 16.5. The van der Waals surface area contributed by atoms with Crippen LogP contribution in [0.5, 0.6) is 5.75 Å². The van der Waals surface area contributed by atoms with E-state index in [0.29, 0.717) is 5.95 Å². The van der Waals surface area contributed by atoms with Crippen LogP contribution in [0.2, 0.25) is 0 Å². The first kappa shape index (κ1) is 24.9. The number of ether oxygens (including phenoxy) is 1. The Morgan fingerprint density at radius 2 is 1.49 bits per heavy atom. The van der Waals surface area contributed by atoms with Gasteiger partial charge in [-0.05, 0) is 41.0 Å². The van der Waals surface area contributed by atoms with Gasteiger partial charge in [0.05, 0.1) is 22.2 Å². The van der Waals surface area contributed by atoms with Crippen molar-refractivity contribution in [2.45, 2.75) is 31.3 Å². The average Bonchev–Trinajstić information content (AvgIpc) is 3.70. The normalized spacial score (nSPS) is 18.6. The molecule has 4 heteroatoms. The van der Waals surface area contributed by atoms with Crippen molar-refractivity contribution < 1.29 is 4.74 Å². The van der Waals surface area contributed by atoms with E-state index in [0.717, 1.165) is 38.9 Å². The van der Waals surface area contributed by atoms with E-state index in [4.69, 9.17) is 14.7 Å². The Labute approximate surface area is 261 Å². The van der Waals surface area contributed by atoms with E-state index >= 15 is 0 Å². The average molecular weight is 580 g/mol. The van der Waals surface area contributed by atoms with Gasteiger partial charge in [-0.2, -0.15) is 0 Å². The predicted molar refractivity (Wildman–Crippen MR) is 182 cm³/mol. The molecule has 2 aromatic heterocycles. The number of allylic oxidation sites excluding steroid dienone is 2. The standard InChI is InChI=1S/C41H29N3O/c1-41(2)30-22-20-26-25-14-8-11-19-34(25)45-39(26)35(30)29-21-23-33-36(37(29)41)28-16-7-10-18-32(28)44(33)40-42-31-17-9-6-15-27(31)38(43-40)24-12-4-3-5-13-24/h3-23,25,34H,1-2H3. The number of fused-ring (bicyclic) bond motifs is 12. The van der Waals surface area contributed by atoms with Crippen molar-refractivity contribution in [1.29, 1.82) is 0 Å². The summed E-state index contributed by atoms with van der Waals surface area (Å²) in [5, 5.41) is 3.51. The monoisotopic (exact) mass is 579 g/mol. The molecule has 214 valence electrons. The third-order valence-corrected chi connectivity index (χ3v) is 10.1. The van der Waals surface area contributed by atoms with Gasteiger partial charge in [-0.25, -0.2) is 9.97 Å². The second-order valence-electron chi connectivity index (χ2n) is 12.9. The first-order valence-corrected chi connectivity index (χ1v) is 15.7. The fourth-order valence-electron chi connectivity index (χ4n) is 8.14. The Morgan fingerprint density at radius 3 is 2.38 bits per heavy atom. The molecule has 3 aliphatic rings. The molecule has 0 saturated heterocycles. The van der Waals surface area contributed by atoms with Crippen LogP contribution in [0.3, 0.4) is 0 Å². The molecular formula is C41H29N3O. The van der Waals surface area contributed by atoms with Crippen molar-refractivity contribution >= 4 is 32.7 Å². The molecule has 0 fully saturated rings. The van der Waals surface area contributed by atoms with Crippen LogP contribution in [0.25, 0.3) is 61.0 Å². The molecule has 0 bridgehead atoms. The summed E-state index contributed by atoms with van der Waals surface area (Å²) in [6.45, 7) is 4.72. The molecule has 10 rings (SSSR count). The van der Waals surface area contributed by atoms with Crippen molar-refractivity contribution in [1.82, 2.24) is 14.5 Å². The fourth-order valence-corrected chi connectivity index (χ4v) is 8.14. The van der Waals surface area contributed by atoms with Gasteiger partial charge in [0, 0.05) is 44.2 Å². The number of hydrogen-bond acceptors (Lipinski definition) is 3. The zero-order chi connectivity index (χ0) is 29.9. The lowest BCUT2D eigenvalue weighted by molar-refractivity contribution is 0.269. The van der Waals surface area contributed by atoms with E-state index in [-0.39, 0.29) is 17.4 Å². The molecule has 2 atom stereocenters. The summed E-state index contributed by atoms with van der Waals surface area (Å²) in [5.41, 5.74) is 11.4. The molecule has 3 heterocycles. The van der Waals surface area contributed by atoms with Crippen LogP contribution in [0.1, 0.15) is 36.5 Å². The smallest absolute Gasteiger partial charge is 0.235 e. The maximum absolute atomic E-state index is 6.71. The number of nitrogens with zero attached hydrogens (tertiary/aromatic N) is 3. The van der Waals surface area contributed by atoms with Gasteiger partial charge in [-0.3, -0.25) is 4.57 Å². The second-order valence-corrected chi connectivity index (χ2v) is 12.9. The zero-order valence-corrected chi connectivity index (χ0v) is 25.0. The van der Waals surface area contributed by atoms with Gasteiger partial charge in [-0.1, -0.05) is 117 Å². The molecule has 2 unspecified atom stereocenters. The molecule has 2 aliphatic carbocycles. The van der Waals surface area contributed by atoms with Gasteiger partial charge in [0.15, 0.2) is 0 Å². The van der Waals surface area contributed by atoms with E-state index < -0.39 is 0 Å². The Hall–Kier alpha value is -5.48. The molecule has 0 amide bonds. The van der Waals surface area contributed by atoms with Gasteiger partial charge in [0.25, 0.3) is 0 Å². The van der Waals surface area contributed by atoms with Crippen LogP contribution in [-0.4, -0.2) is 20.6 Å². The first-order valence-electron chi connectivity index (χ1n) is 15.7. The summed E-state index contributed by atoms with van der Waals surface area (Å²) in [6.07, 6.45) is 8.75. The number of aromatic nitrogens is 3. The quantitative estimate of drug-likeness (QED) is 0.205. The molecular weight excluding hydrogens is 550 g/mol. The Balaban J connectivity index is 1.28. The van der Waals surface area contributed by atoms with E-state index in [1.165, 1.54) is 38.6 Å². The summed E-state index contributed by atoms with van der Waals surface area (Å²) in [7, 11) is 0. The molecule has 45 heavy (non-hydrogen) atoms. The van der Waals surface area contributed by atoms with Crippen molar-refractivity contribution in [2.75, 3.05) is 0 Å². The van der Waals surface area contributed by atoms with Crippen LogP contribution < -0.4 is 4.74 Å². The van der Waals surface area contributed by atoms with Gasteiger partial charge < -0.3 is 4.74 Å². The highest BCUT2D eigenvalue weighted by molar-refractivity contribution is 6.14. The van der Waals surface area contributed by atoms with Gasteiger partial charge >= 0.3 is 0 Å². The lowest BCUT2D eigenvalue weighted by Crippen LogP contribution is -2.15. The van der Waals surface area contributed by atoms with Gasteiger partial charge in [0.1, 0.15) is 11.9 Å². The predicted octanol–water partition coefficient (Wildman–Crippen LogP) is 9.67. The molecule has 0 saturated carbocycles. The highest BCUT2D eigenvalue weighted by Crippen LogP contribution is 2.59. The van der Waals surface area contributed by atoms with Crippen LogP contribution in [0.15, 0.2) is 127 Å². The van der Waals surface area contributed by atoms with E-state index in [9.17, 15) is 0 Å². The Bertz CT molecular complexity index is 2450. The maximum Gasteiger partial charge on any atom is 0.235 e. The molecule has 0 N–H and O–H groups in total. The van der Waals surface area contributed by atoms with E-state index in [1.807, 2.05) is 6.07 Å². The lowest BCUT2D eigenvalue weighted by atomic mass is 9.80. The van der Waals surface area contributed by atoms with E-state index in [2.05, 4.69) is 140 Å². The minimum atomic E-state index is -0.226. The lowest BCUT2D eigenvalue weighted by Gasteiger charge is -2.23. The van der Waals surface area contributed by atoms with Crippen molar-refractivity contribution in [3.8, 4) is 34.1 Å². The van der Waals surface area contributed by atoms with Crippen LogP contribution in [-0.2, 0) is 5.41 Å². The maximum atomic E-state index is 6.71. The molecule has 7 aromatic rings. The Kier molecular flexibility index (Phi) is 4.87. The van der Waals surface area contributed by atoms with Crippen molar-refractivity contribution in [2.24, 2.45) is 0 Å². The summed E-state index contributed by atoms with van der Waals surface area (Å²) in [6, 6.07) is 36.6. The number of para-hydroxylation sites is 2. The molecule has 1 aliphatic heterocycles. The van der Waals surface area contributed by atoms with Crippen molar-refractivity contribution in [3.63, 3.8) is 0 Å². The summed E-state index contributed by atoms with van der Waals surface area (Å²) in [4.78, 5) is 10.5. The molecule has 0 radical (unpaired) electrons. The minimum Gasteiger partial charge on any atom is -0.484 e. The topological polar surface area (TPSA) is 39.9 Å². The summed E-state index contributed by atoms with van der Waals surface area (Å²) < 4.78 is 8.97. The Morgan fingerprint density at radius 1 is 0.711 bits per heavy atom. The molecule has 4 nitrogen and oxygen atoms in total. The van der Waals surface area contributed by atoms with Crippen molar-refractivity contribution in [3.05, 3.63) is 144 Å². The minimum absolute atomic E-state index is 0.0539. The van der Waals surface area contributed by atoms with Crippen LogP contribution in [0, 0.1) is 0 Å². The zero-order valence-electron chi connectivity index (χ0n) is 25.0. The second kappa shape index (κ2) is 8.80. The molecule has 5 aromatic carbocycles. The number of benzene rings is 5. The first-order chi connectivity index (χ1) is 22.1. The van der Waals surface area contributed by atoms with Crippen LogP contribution in [0.4, 0.5) is 0 Å². The SMILES string of the molecule is CC1(C)c2ccc3c(c2-c2ccc4c(c21)c1ccccc1n4-c1nc(-c2ccccc2)c2ccccc2n1)OC1C=CC=CC31. The van der Waals surface area contributed by atoms with Crippen LogP contribution >= 0.6 is 0 Å². The van der Waals surface area contributed by atoms with Gasteiger partial charge in [-0.15, -0.1) is 0 Å². The summed E-state index contributed by atoms with van der Waals surface area (Å²) in [5.74, 6) is 1.98. The third-order valence-electron chi connectivity index (χ3n) is 10.1. The van der Waals surface area contributed by atoms with E-state index in [1.54, 1.807) is 0 Å². The summed E-state index contributed by atoms with van der Waals surface area (Å²) >= 11 is 0. The highest BCUT2D eigenvalue weighted by Gasteiger charge is 2.44. The number of hydrogen-bond donors (Lipinski definition) is 0. The molecule has 0 spiro atoms. The van der Waals surface area contributed by atoms with Gasteiger partial charge in [0.2, 0.25) is 5.95 Å². The largest absolute Gasteiger partial charge is 0.484 e. The number of rotatable bonds is 2. The third kappa shape index (κ3) is 3.26.